The molecule has 3 heteroatoms. The van der Waals surface area contributed by atoms with Gasteiger partial charge in [0, 0.05) is 6.20 Å². The van der Waals surface area contributed by atoms with E-state index in [4.69, 9.17) is 6.42 Å². The molecule has 0 spiro atoms. The summed E-state index contributed by atoms with van der Waals surface area (Å²) in [6, 6.07) is 1.68. The van der Waals surface area contributed by atoms with Crippen molar-refractivity contribution < 1.29 is 0 Å². The van der Waals surface area contributed by atoms with Gasteiger partial charge in [-0.25, -0.2) is 9.97 Å². The number of hydrogen-bond acceptors (Lipinski definition) is 3. The van der Waals surface area contributed by atoms with E-state index in [2.05, 4.69) is 21.2 Å². The molecule has 1 rings (SSSR count). The van der Waals surface area contributed by atoms with Gasteiger partial charge in [-0.1, -0.05) is 5.92 Å². The molecule has 0 fully saturated rings. The zero-order valence-corrected chi connectivity index (χ0v) is 6.28. The Hall–Kier alpha value is -1.40. The Labute approximate surface area is 65.9 Å². The van der Waals surface area contributed by atoms with E-state index in [1.54, 1.807) is 19.3 Å². The smallest absolute Gasteiger partial charge is 0.115 e. The summed E-state index contributed by atoms with van der Waals surface area (Å²) < 4.78 is 0. The fraction of sp³-hybridized carbons (Fsp3) is 0.250. The van der Waals surface area contributed by atoms with Crippen molar-refractivity contribution in [2.24, 2.45) is 0 Å². The van der Waals surface area contributed by atoms with Gasteiger partial charge in [0.2, 0.25) is 0 Å². The summed E-state index contributed by atoms with van der Waals surface area (Å²) in [5.41, 5.74) is 0.824. The second-order valence-corrected chi connectivity index (χ2v) is 2.02. The Morgan fingerprint density at radius 2 is 2.55 bits per heavy atom. The molecule has 56 valence electrons. The lowest BCUT2D eigenvalue weighted by Crippen LogP contribution is -2.15. The van der Waals surface area contributed by atoms with E-state index in [-0.39, 0.29) is 6.04 Å². The van der Waals surface area contributed by atoms with Crippen LogP contribution in [-0.4, -0.2) is 17.0 Å². The molecule has 1 N–H and O–H groups in total. The number of nitrogens with one attached hydrogen (secondary N) is 1. The van der Waals surface area contributed by atoms with Gasteiger partial charge in [0.05, 0.1) is 5.69 Å². The van der Waals surface area contributed by atoms with Crippen LogP contribution in [0, 0.1) is 12.3 Å². The molecule has 1 atom stereocenters. The summed E-state index contributed by atoms with van der Waals surface area (Å²) in [4.78, 5) is 7.79. The van der Waals surface area contributed by atoms with Gasteiger partial charge in [-0.05, 0) is 13.1 Å². The van der Waals surface area contributed by atoms with Crippen LogP contribution in [0.4, 0.5) is 0 Å². The minimum atomic E-state index is -0.113. The zero-order chi connectivity index (χ0) is 8.10. The molecule has 0 aliphatic carbocycles. The first-order chi connectivity index (χ1) is 5.38. The highest BCUT2D eigenvalue weighted by Gasteiger charge is 2.03. The lowest BCUT2D eigenvalue weighted by molar-refractivity contribution is 0.710. The SMILES string of the molecule is C#CC(NC)c1ccncn1. The predicted octanol–water partition coefficient (Wildman–Crippen LogP) is 0.370. The summed E-state index contributed by atoms with van der Waals surface area (Å²) in [6.45, 7) is 0. The quantitative estimate of drug-likeness (QED) is 0.614. The van der Waals surface area contributed by atoms with Crippen molar-refractivity contribution in [3.05, 3.63) is 24.3 Å². The lowest BCUT2D eigenvalue weighted by Gasteiger charge is -2.06. The van der Waals surface area contributed by atoms with Crippen LogP contribution in [0.1, 0.15) is 11.7 Å². The first-order valence-corrected chi connectivity index (χ1v) is 3.27. The van der Waals surface area contributed by atoms with Gasteiger partial charge in [0.15, 0.2) is 0 Å². The largest absolute Gasteiger partial charge is 0.302 e. The van der Waals surface area contributed by atoms with Crippen molar-refractivity contribution in [2.75, 3.05) is 7.05 Å². The van der Waals surface area contributed by atoms with E-state index in [1.165, 1.54) is 6.33 Å². The maximum Gasteiger partial charge on any atom is 0.115 e. The van der Waals surface area contributed by atoms with Crippen molar-refractivity contribution in [1.29, 1.82) is 0 Å². The lowest BCUT2D eigenvalue weighted by atomic mass is 10.2. The second kappa shape index (κ2) is 3.69. The monoisotopic (exact) mass is 147 g/mol. The molecule has 0 amide bonds. The molecule has 0 saturated heterocycles. The Morgan fingerprint density at radius 3 is 3.00 bits per heavy atom. The van der Waals surface area contributed by atoms with Crippen LogP contribution in [0.3, 0.4) is 0 Å². The molecule has 1 heterocycles. The van der Waals surface area contributed by atoms with Crippen LogP contribution in [0.5, 0.6) is 0 Å². The molecule has 0 aromatic carbocycles. The summed E-state index contributed by atoms with van der Waals surface area (Å²) in [5, 5.41) is 2.94. The van der Waals surface area contributed by atoms with Crippen molar-refractivity contribution >= 4 is 0 Å². The van der Waals surface area contributed by atoms with Gasteiger partial charge < -0.3 is 5.32 Å². The normalized spacial score (nSPS) is 12.0. The first-order valence-electron chi connectivity index (χ1n) is 3.27. The Morgan fingerprint density at radius 1 is 1.73 bits per heavy atom. The van der Waals surface area contributed by atoms with E-state index < -0.39 is 0 Å². The van der Waals surface area contributed by atoms with Gasteiger partial charge in [0.1, 0.15) is 12.4 Å². The van der Waals surface area contributed by atoms with Gasteiger partial charge >= 0.3 is 0 Å². The van der Waals surface area contributed by atoms with E-state index >= 15 is 0 Å². The van der Waals surface area contributed by atoms with E-state index in [0.29, 0.717) is 0 Å². The third kappa shape index (κ3) is 1.76. The average Bonchev–Trinajstić information content (AvgIpc) is 2.09. The zero-order valence-electron chi connectivity index (χ0n) is 6.28. The van der Waals surface area contributed by atoms with E-state index in [9.17, 15) is 0 Å². The molecule has 1 aromatic rings. The molecule has 0 aliphatic heterocycles. The molecule has 1 aromatic heterocycles. The molecule has 3 nitrogen and oxygen atoms in total. The van der Waals surface area contributed by atoms with Gasteiger partial charge in [-0.15, -0.1) is 6.42 Å². The van der Waals surface area contributed by atoms with Crippen LogP contribution in [0.2, 0.25) is 0 Å². The number of hydrogen-bond donors (Lipinski definition) is 1. The molecular weight excluding hydrogens is 138 g/mol. The summed E-state index contributed by atoms with van der Waals surface area (Å²) in [7, 11) is 1.80. The molecule has 0 radical (unpaired) electrons. The highest BCUT2D eigenvalue weighted by atomic mass is 14.9. The summed E-state index contributed by atoms with van der Waals surface area (Å²) in [6.07, 6.45) is 8.40. The highest BCUT2D eigenvalue weighted by Crippen LogP contribution is 2.04. The standard InChI is InChI=1S/C8H9N3/c1-3-7(9-2)8-4-5-10-6-11-8/h1,4-7,9H,2H3. The Bertz CT molecular complexity index is 250. The molecular formula is C8H9N3. The van der Waals surface area contributed by atoms with Crippen molar-refractivity contribution in [3.8, 4) is 12.3 Å². The Balaban J connectivity index is 2.85. The van der Waals surface area contributed by atoms with E-state index in [1.807, 2.05) is 0 Å². The first kappa shape index (κ1) is 7.70. The third-order valence-corrected chi connectivity index (χ3v) is 1.36. The minimum absolute atomic E-state index is 0.113. The predicted molar refractivity (Wildman–Crippen MR) is 42.7 cm³/mol. The number of aromatic nitrogens is 2. The van der Waals surface area contributed by atoms with Crippen molar-refractivity contribution in [1.82, 2.24) is 15.3 Å². The minimum Gasteiger partial charge on any atom is -0.302 e. The summed E-state index contributed by atoms with van der Waals surface area (Å²) >= 11 is 0. The molecule has 0 aliphatic rings. The highest BCUT2D eigenvalue weighted by molar-refractivity contribution is 5.15. The second-order valence-electron chi connectivity index (χ2n) is 2.02. The van der Waals surface area contributed by atoms with Gasteiger partial charge in [-0.2, -0.15) is 0 Å². The maximum atomic E-state index is 5.24. The van der Waals surface area contributed by atoms with Gasteiger partial charge in [0.25, 0.3) is 0 Å². The fourth-order valence-corrected chi connectivity index (χ4v) is 0.788. The maximum absolute atomic E-state index is 5.24. The Kier molecular flexibility index (Phi) is 2.59. The number of rotatable bonds is 2. The van der Waals surface area contributed by atoms with Crippen LogP contribution in [-0.2, 0) is 0 Å². The van der Waals surface area contributed by atoms with Crippen molar-refractivity contribution in [3.63, 3.8) is 0 Å². The number of nitrogens with zero attached hydrogens (tertiary/aromatic N) is 2. The molecule has 0 bridgehead atoms. The van der Waals surface area contributed by atoms with Crippen molar-refractivity contribution in [2.45, 2.75) is 6.04 Å². The molecule has 0 saturated carbocycles. The fourth-order valence-electron chi connectivity index (χ4n) is 0.788. The van der Waals surface area contributed by atoms with Crippen LogP contribution < -0.4 is 5.32 Å². The molecule has 11 heavy (non-hydrogen) atoms. The topological polar surface area (TPSA) is 37.8 Å². The number of terminal acetylenes is 1. The average molecular weight is 147 g/mol. The molecule has 1 unspecified atom stereocenters. The summed E-state index contributed by atoms with van der Waals surface area (Å²) in [5.74, 6) is 2.57. The van der Waals surface area contributed by atoms with Crippen LogP contribution in [0.25, 0.3) is 0 Å². The van der Waals surface area contributed by atoms with Crippen LogP contribution in [0.15, 0.2) is 18.6 Å². The van der Waals surface area contributed by atoms with Crippen LogP contribution >= 0.6 is 0 Å². The van der Waals surface area contributed by atoms with E-state index in [0.717, 1.165) is 5.69 Å². The van der Waals surface area contributed by atoms with Gasteiger partial charge in [-0.3, -0.25) is 0 Å². The third-order valence-electron chi connectivity index (χ3n) is 1.36.